The Balaban J connectivity index is 3.94. The summed E-state index contributed by atoms with van der Waals surface area (Å²) < 4.78 is 65.0. The zero-order valence-corrected chi connectivity index (χ0v) is 23.8. The molecular formula is C18H33O18P3. The minimum absolute atomic E-state index is 0.174. The average molecular weight is 630 g/mol. The van der Waals surface area contributed by atoms with E-state index in [0.717, 1.165) is 0 Å². The van der Waals surface area contributed by atoms with Crippen LogP contribution in [-0.4, -0.2) is 83.9 Å². The number of ether oxygens (including phenoxy) is 3. The maximum atomic E-state index is 12.4. The third-order valence-corrected chi connectivity index (χ3v) is 6.44. The van der Waals surface area contributed by atoms with Gasteiger partial charge in [0.1, 0.15) is 18.3 Å². The van der Waals surface area contributed by atoms with Gasteiger partial charge in [0.2, 0.25) is 0 Å². The summed E-state index contributed by atoms with van der Waals surface area (Å²) in [6, 6.07) is 0. The third-order valence-electron chi connectivity index (χ3n) is 4.88. The predicted octanol–water partition coefficient (Wildman–Crippen LogP) is 0.569. The van der Waals surface area contributed by atoms with Crippen molar-refractivity contribution in [1.29, 1.82) is 0 Å². The van der Waals surface area contributed by atoms with Crippen LogP contribution in [-0.2, 0) is 55.9 Å². The standard InChI is InChI=1S/C18H33O18P3/c1-4-7-10(19)31-13-16(34-37(22,23)24)14(32-11(20)8-5-2)18(36-39(28,29)30)15(33-12(21)9-6-3)17(13)35-38(25,26)27/h13-18H,4-9H2,1-3H3,(H2,22,23,24)(H2,25,26,27)(H2,28,29,30)/t13-,14-,15-,16-,17+,18-. The van der Waals surface area contributed by atoms with Crippen LogP contribution in [0.1, 0.15) is 59.3 Å². The first-order valence-corrected chi connectivity index (χ1v) is 16.2. The first kappa shape index (κ1) is 35.8. The number of esters is 3. The zero-order valence-electron chi connectivity index (χ0n) is 21.1. The van der Waals surface area contributed by atoms with Crippen LogP contribution < -0.4 is 0 Å². The minimum Gasteiger partial charge on any atom is -0.456 e. The Labute approximate surface area is 223 Å². The molecule has 1 rings (SSSR count). The summed E-state index contributed by atoms with van der Waals surface area (Å²) >= 11 is 0. The largest absolute Gasteiger partial charge is 0.470 e. The smallest absolute Gasteiger partial charge is 0.456 e. The van der Waals surface area contributed by atoms with Crippen LogP contribution in [0.3, 0.4) is 0 Å². The molecule has 39 heavy (non-hydrogen) atoms. The van der Waals surface area contributed by atoms with E-state index in [1.54, 1.807) is 20.8 Å². The molecule has 6 N–H and O–H groups in total. The average Bonchev–Trinajstić information content (AvgIpc) is 2.73. The van der Waals surface area contributed by atoms with Crippen molar-refractivity contribution in [3.05, 3.63) is 0 Å². The lowest BCUT2D eigenvalue weighted by atomic mass is 9.84. The van der Waals surface area contributed by atoms with Crippen LogP contribution in [0.5, 0.6) is 0 Å². The molecular weight excluding hydrogens is 597 g/mol. The molecule has 1 saturated carbocycles. The van der Waals surface area contributed by atoms with E-state index < -0.39 is 78.0 Å². The number of hydrogen-bond acceptors (Lipinski definition) is 12. The maximum absolute atomic E-state index is 12.4. The second-order valence-corrected chi connectivity index (χ2v) is 11.9. The summed E-state index contributed by atoms with van der Waals surface area (Å²) in [5.74, 6) is -3.31. The normalized spacial score (nSPS) is 26.1. The van der Waals surface area contributed by atoms with Gasteiger partial charge in [0.25, 0.3) is 0 Å². The molecule has 0 bridgehead atoms. The summed E-state index contributed by atoms with van der Waals surface area (Å²) in [7, 11) is -16.9. The van der Waals surface area contributed by atoms with Gasteiger partial charge in [0, 0.05) is 19.3 Å². The highest BCUT2D eigenvalue weighted by Crippen LogP contribution is 2.50. The molecule has 21 heteroatoms. The van der Waals surface area contributed by atoms with Crippen LogP contribution in [0, 0.1) is 0 Å². The molecule has 0 radical (unpaired) electrons. The molecule has 1 aliphatic carbocycles. The predicted molar refractivity (Wildman–Crippen MR) is 125 cm³/mol. The number of rotatable bonds is 15. The molecule has 0 amide bonds. The van der Waals surface area contributed by atoms with Gasteiger partial charge in [-0.2, -0.15) is 0 Å². The van der Waals surface area contributed by atoms with Crippen LogP contribution in [0.4, 0.5) is 0 Å². The van der Waals surface area contributed by atoms with E-state index in [1.165, 1.54) is 0 Å². The first-order chi connectivity index (χ1) is 17.8. The van der Waals surface area contributed by atoms with Gasteiger partial charge < -0.3 is 43.6 Å². The van der Waals surface area contributed by atoms with Crippen molar-refractivity contribution in [3.63, 3.8) is 0 Å². The molecule has 1 aliphatic rings. The second kappa shape index (κ2) is 15.1. The Kier molecular flexibility index (Phi) is 13.9. The molecule has 0 aromatic heterocycles. The molecule has 0 aliphatic heterocycles. The Bertz CT molecular complexity index is 848. The quantitative estimate of drug-likeness (QED) is 0.0819. The van der Waals surface area contributed by atoms with Crippen molar-refractivity contribution in [2.24, 2.45) is 0 Å². The van der Waals surface area contributed by atoms with Gasteiger partial charge in [-0.05, 0) is 19.3 Å². The van der Waals surface area contributed by atoms with Crippen LogP contribution in [0.2, 0.25) is 0 Å². The summed E-state index contributed by atoms with van der Waals surface area (Å²) in [4.78, 5) is 94.4. The van der Waals surface area contributed by atoms with Gasteiger partial charge in [-0.1, -0.05) is 20.8 Å². The Morgan fingerprint density at radius 3 is 0.846 bits per heavy atom. The second-order valence-electron chi connectivity index (χ2n) is 8.30. The van der Waals surface area contributed by atoms with E-state index in [4.69, 9.17) is 14.2 Å². The fourth-order valence-corrected chi connectivity index (χ4v) is 5.28. The molecule has 0 aromatic carbocycles. The molecule has 0 aromatic rings. The molecule has 0 unspecified atom stereocenters. The molecule has 228 valence electrons. The van der Waals surface area contributed by atoms with E-state index in [2.05, 4.69) is 13.6 Å². The van der Waals surface area contributed by atoms with Gasteiger partial charge in [-0.25, -0.2) is 13.7 Å². The number of hydrogen-bond donors (Lipinski definition) is 6. The van der Waals surface area contributed by atoms with E-state index in [0.29, 0.717) is 0 Å². The van der Waals surface area contributed by atoms with Gasteiger partial charge in [-0.15, -0.1) is 0 Å². The van der Waals surface area contributed by atoms with Crippen LogP contribution in [0.25, 0.3) is 0 Å². The molecule has 1 fully saturated rings. The monoisotopic (exact) mass is 630 g/mol. The fourth-order valence-electron chi connectivity index (χ4n) is 3.60. The van der Waals surface area contributed by atoms with Crippen LogP contribution >= 0.6 is 23.5 Å². The summed E-state index contributed by atoms with van der Waals surface area (Å²) in [5, 5.41) is 0. The Morgan fingerprint density at radius 1 is 0.487 bits per heavy atom. The zero-order chi connectivity index (χ0) is 30.2. The highest BCUT2D eigenvalue weighted by molar-refractivity contribution is 7.46. The highest BCUT2D eigenvalue weighted by atomic mass is 31.2. The third kappa shape index (κ3) is 12.9. The van der Waals surface area contributed by atoms with Crippen molar-refractivity contribution >= 4 is 41.4 Å². The van der Waals surface area contributed by atoms with E-state index in [1.807, 2.05) is 0 Å². The van der Waals surface area contributed by atoms with Crippen molar-refractivity contribution < 1.29 is 85.2 Å². The minimum atomic E-state index is -5.63. The van der Waals surface area contributed by atoms with E-state index >= 15 is 0 Å². The summed E-state index contributed by atoms with van der Waals surface area (Å²) in [5.41, 5.74) is 0. The Morgan fingerprint density at radius 2 is 0.692 bits per heavy atom. The number of carbonyl (C=O) groups is 3. The lowest BCUT2D eigenvalue weighted by Gasteiger charge is -2.47. The first-order valence-electron chi connectivity index (χ1n) is 11.6. The van der Waals surface area contributed by atoms with Crippen molar-refractivity contribution in [3.8, 4) is 0 Å². The van der Waals surface area contributed by atoms with E-state index in [-0.39, 0.29) is 38.5 Å². The van der Waals surface area contributed by atoms with Gasteiger partial charge in [0.15, 0.2) is 18.3 Å². The topological polar surface area (TPSA) is 279 Å². The maximum Gasteiger partial charge on any atom is 0.470 e. The van der Waals surface area contributed by atoms with Crippen molar-refractivity contribution in [2.45, 2.75) is 95.9 Å². The summed E-state index contributed by atoms with van der Waals surface area (Å²) in [6.45, 7) is 4.64. The van der Waals surface area contributed by atoms with Gasteiger partial charge in [-0.3, -0.25) is 28.0 Å². The van der Waals surface area contributed by atoms with E-state index in [9.17, 15) is 57.4 Å². The van der Waals surface area contributed by atoms with Gasteiger partial charge >= 0.3 is 41.4 Å². The molecule has 18 nitrogen and oxygen atoms in total. The summed E-state index contributed by atoms with van der Waals surface area (Å²) in [6.07, 6.45) is -14.5. The van der Waals surface area contributed by atoms with Crippen molar-refractivity contribution in [2.75, 3.05) is 0 Å². The van der Waals surface area contributed by atoms with Gasteiger partial charge in [0.05, 0.1) is 0 Å². The fraction of sp³-hybridized carbons (Fsp3) is 0.833. The van der Waals surface area contributed by atoms with Crippen LogP contribution in [0.15, 0.2) is 0 Å². The SMILES string of the molecule is CCCC(=O)O[C@H]1[C@H](OP(=O)(O)O)[C@H](OC(=O)CCC)[C@H](OP(=O)(O)O)[C@@H](OC(=O)CCC)[C@@H]1OP(=O)(O)O. The molecule has 0 saturated heterocycles. The number of phosphoric ester groups is 3. The molecule has 0 heterocycles. The Hall–Kier alpha value is -1.26. The highest BCUT2D eigenvalue weighted by Gasteiger charge is 2.62. The number of phosphoric acid groups is 3. The molecule has 0 spiro atoms. The number of carbonyl (C=O) groups excluding carboxylic acids is 3. The van der Waals surface area contributed by atoms with Crippen molar-refractivity contribution in [1.82, 2.24) is 0 Å². The lowest BCUT2D eigenvalue weighted by Crippen LogP contribution is -2.67. The molecule has 0 atom stereocenters. The lowest BCUT2D eigenvalue weighted by molar-refractivity contribution is -0.239.